The number of hydrogen-bond acceptors (Lipinski definition) is 4. The molecule has 1 fully saturated rings. The van der Waals surface area contributed by atoms with Gasteiger partial charge in [0.15, 0.2) is 0 Å². The Labute approximate surface area is 112 Å². The van der Waals surface area contributed by atoms with Gasteiger partial charge in [-0.1, -0.05) is 12.1 Å². The molecule has 0 saturated heterocycles. The summed E-state index contributed by atoms with van der Waals surface area (Å²) in [6, 6.07) is 10.1. The molecule has 0 bridgehead atoms. The van der Waals surface area contributed by atoms with E-state index in [-0.39, 0.29) is 0 Å². The Morgan fingerprint density at radius 1 is 1.21 bits per heavy atom. The van der Waals surface area contributed by atoms with E-state index in [2.05, 4.69) is 9.97 Å². The maximum absolute atomic E-state index is 5.83. The van der Waals surface area contributed by atoms with Gasteiger partial charge in [0.1, 0.15) is 11.6 Å². The van der Waals surface area contributed by atoms with Crippen LogP contribution in [0.3, 0.4) is 0 Å². The van der Waals surface area contributed by atoms with E-state index in [1.54, 1.807) is 7.11 Å². The van der Waals surface area contributed by atoms with Gasteiger partial charge in [-0.25, -0.2) is 9.97 Å². The standard InChI is InChI=1S/C15H17N3O/c1-19-14-5-3-2-4-12(14)13-6-7-17-15(18-13)10-8-11(16)9-10/h2-7,10-11H,8-9,16H2,1H3. The largest absolute Gasteiger partial charge is 0.496 e. The molecule has 1 heterocycles. The van der Waals surface area contributed by atoms with Gasteiger partial charge in [-0.15, -0.1) is 0 Å². The van der Waals surface area contributed by atoms with Gasteiger partial charge >= 0.3 is 0 Å². The van der Waals surface area contributed by atoms with Gasteiger partial charge in [0.05, 0.1) is 12.8 Å². The Balaban J connectivity index is 1.94. The molecular weight excluding hydrogens is 238 g/mol. The Morgan fingerprint density at radius 3 is 2.74 bits per heavy atom. The number of benzene rings is 1. The van der Waals surface area contributed by atoms with E-state index in [1.165, 1.54) is 0 Å². The Kier molecular flexibility index (Phi) is 3.17. The second-order valence-electron chi connectivity index (χ2n) is 4.93. The van der Waals surface area contributed by atoms with Crippen LogP contribution >= 0.6 is 0 Å². The third-order valence-electron chi connectivity index (χ3n) is 3.60. The molecule has 1 saturated carbocycles. The van der Waals surface area contributed by atoms with Crippen LogP contribution in [0.5, 0.6) is 5.75 Å². The summed E-state index contributed by atoms with van der Waals surface area (Å²) in [7, 11) is 1.67. The van der Waals surface area contributed by atoms with Gasteiger partial charge < -0.3 is 10.5 Å². The second-order valence-corrected chi connectivity index (χ2v) is 4.93. The van der Waals surface area contributed by atoms with Crippen LogP contribution in [0.25, 0.3) is 11.3 Å². The van der Waals surface area contributed by atoms with Crippen LogP contribution in [-0.2, 0) is 0 Å². The van der Waals surface area contributed by atoms with Gasteiger partial charge in [0.2, 0.25) is 0 Å². The Hall–Kier alpha value is -1.94. The van der Waals surface area contributed by atoms with E-state index in [9.17, 15) is 0 Å². The fraction of sp³-hybridized carbons (Fsp3) is 0.333. The maximum Gasteiger partial charge on any atom is 0.132 e. The molecule has 1 aliphatic rings. The third kappa shape index (κ3) is 2.31. The van der Waals surface area contributed by atoms with E-state index in [0.717, 1.165) is 35.7 Å². The summed E-state index contributed by atoms with van der Waals surface area (Å²) < 4.78 is 5.38. The molecule has 98 valence electrons. The highest BCUT2D eigenvalue weighted by Gasteiger charge is 2.29. The number of aromatic nitrogens is 2. The lowest BCUT2D eigenvalue weighted by Gasteiger charge is -2.31. The van der Waals surface area contributed by atoms with Crippen LogP contribution in [0.1, 0.15) is 24.6 Å². The van der Waals surface area contributed by atoms with Crippen LogP contribution in [-0.4, -0.2) is 23.1 Å². The minimum absolute atomic E-state index is 0.309. The highest BCUT2D eigenvalue weighted by molar-refractivity contribution is 5.66. The van der Waals surface area contributed by atoms with Crippen LogP contribution in [0.15, 0.2) is 36.5 Å². The number of nitrogens with two attached hydrogens (primary N) is 1. The quantitative estimate of drug-likeness (QED) is 0.914. The topological polar surface area (TPSA) is 61.0 Å². The molecule has 0 spiro atoms. The molecule has 1 aromatic heterocycles. The Bertz CT molecular complexity index is 579. The number of ether oxygens (including phenoxy) is 1. The van der Waals surface area contributed by atoms with Crippen molar-refractivity contribution in [2.75, 3.05) is 7.11 Å². The molecule has 0 amide bonds. The van der Waals surface area contributed by atoms with Crippen LogP contribution < -0.4 is 10.5 Å². The molecule has 0 aliphatic heterocycles. The molecule has 2 N–H and O–H groups in total. The highest BCUT2D eigenvalue weighted by Crippen LogP contribution is 2.35. The van der Waals surface area contributed by atoms with Crippen molar-refractivity contribution >= 4 is 0 Å². The lowest BCUT2D eigenvalue weighted by Crippen LogP contribution is -2.35. The van der Waals surface area contributed by atoms with Crippen molar-refractivity contribution in [3.8, 4) is 17.0 Å². The summed E-state index contributed by atoms with van der Waals surface area (Å²) >= 11 is 0. The average Bonchev–Trinajstić information content (AvgIpc) is 2.44. The third-order valence-corrected chi connectivity index (χ3v) is 3.60. The molecule has 4 heteroatoms. The molecule has 1 aliphatic carbocycles. The maximum atomic E-state index is 5.83. The summed E-state index contributed by atoms with van der Waals surface area (Å²) in [5, 5.41) is 0. The van der Waals surface area contributed by atoms with E-state index >= 15 is 0 Å². The first-order chi connectivity index (χ1) is 9.28. The predicted molar refractivity (Wildman–Crippen MR) is 74.0 cm³/mol. The van der Waals surface area contributed by atoms with Gasteiger partial charge in [-0.05, 0) is 31.0 Å². The van der Waals surface area contributed by atoms with Crippen molar-refractivity contribution < 1.29 is 4.74 Å². The van der Waals surface area contributed by atoms with Gasteiger partial charge in [-0.2, -0.15) is 0 Å². The van der Waals surface area contributed by atoms with Crippen molar-refractivity contribution in [3.05, 3.63) is 42.4 Å². The smallest absolute Gasteiger partial charge is 0.132 e. The SMILES string of the molecule is COc1ccccc1-c1ccnc(C2CC(N)C2)n1. The van der Waals surface area contributed by atoms with Crippen molar-refractivity contribution in [1.82, 2.24) is 9.97 Å². The molecular formula is C15H17N3O. The van der Waals surface area contributed by atoms with Crippen molar-refractivity contribution in [1.29, 1.82) is 0 Å². The van der Waals surface area contributed by atoms with Crippen LogP contribution in [0.2, 0.25) is 0 Å². The number of nitrogens with zero attached hydrogens (tertiary/aromatic N) is 2. The molecule has 0 atom stereocenters. The van der Waals surface area contributed by atoms with Gasteiger partial charge in [0.25, 0.3) is 0 Å². The van der Waals surface area contributed by atoms with Gasteiger partial charge in [-0.3, -0.25) is 0 Å². The first-order valence-corrected chi connectivity index (χ1v) is 6.50. The first-order valence-electron chi connectivity index (χ1n) is 6.50. The summed E-state index contributed by atoms with van der Waals surface area (Å²) in [5.41, 5.74) is 7.73. The number of methoxy groups -OCH3 is 1. The minimum atomic E-state index is 0.309. The molecule has 0 radical (unpaired) electrons. The van der Waals surface area contributed by atoms with Crippen molar-refractivity contribution in [2.24, 2.45) is 5.73 Å². The summed E-state index contributed by atoms with van der Waals surface area (Å²) in [6.07, 6.45) is 3.78. The summed E-state index contributed by atoms with van der Waals surface area (Å²) in [5.74, 6) is 2.13. The predicted octanol–water partition coefficient (Wildman–Crippen LogP) is 2.36. The van der Waals surface area contributed by atoms with E-state index in [1.807, 2.05) is 36.5 Å². The highest BCUT2D eigenvalue weighted by atomic mass is 16.5. The molecule has 1 aromatic carbocycles. The lowest BCUT2D eigenvalue weighted by molar-refractivity contribution is 0.338. The van der Waals surface area contributed by atoms with Crippen LogP contribution in [0.4, 0.5) is 0 Å². The molecule has 4 nitrogen and oxygen atoms in total. The fourth-order valence-corrected chi connectivity index (χ4v) is 2.45. The van der Waals surface area contributed by atoms with Gasteiger partial charge in [0, 0.05) is 23.7 Å². The fourth-order valence-electron chi connectivity index (χ4n) is 2.45. The zero-order chi connectivity index (χ0) is 13.2. The molecule has 0 unspecified atom stereocenters. The number of para-hydroxylation sites is 1. The monoisotopic (exact) mass is 255 g/mol. The van der Waals surface area contributed by atoms with Crippen LogP contribution in [0, 0.1) is 0 Å². The average molecular weight is 255 g/mol. The first kappa shape index (κ1) is 12.1. The Morgan fingerprint density at radius 2 is 2.00 bits per heavy atom. The zero-order valence-electron chi connectivity index (χ0n) is 10.9. The zero-order valence-corrected chi connectivity index (χ0v) is 10.9. The van der Waals surface area contributed by atoms with E-state index in [0.29, 0.717) is 12.0 Å². The second kappa shape index (κ2) is 4.97. The minimum Gasteiger partial charge on any atom is -0.496 e. The number of rotatable bonds is 3. The van der Waals surface area contributed by atoms with E-state index in [4.69, 9.17) is 10.5 Å². The summed E-state index contributed by atoms with van der Waals surface area (Å²) in [6.45, 7) is 0. The van der Waals surface area contributed by atoms with E-state index < -0.39 is 0 Å². The number of hydrogen-bond donors (Lipinski definition) is 1. The van der Waals surface area contributed by atoms with Crippen molar-refractivity contribution in [3.63, 3.8) is 0 Å². The van der Waals surface area contributed by atoms with Crippen molar-refractivity contribution in [2.45, 2.75) is 24.8 Å². The normalized spacial score (nSPS) is 21.8. The molecule has 19 heavy (non-hydrogen) atoms. The molecule has 2 aromatic rings. The lowest BCUT2D eigenvalue weighted by atomic mass is 9.80. The summed E-state index contributed by atoms with van der Waals surface area (Å²) in [4.78, 5) is 9.03. The molecule has 3 rings (SSSR count).